The lowest BCUT2D eigenvalue weighted by molar-refractivity contribution is 0.628. The number of nitrogens with one attached hydrogen (secondary N) is 1. The first-order valence-electron chi connectivity index (χ1n) is 5.87. The Labute approximate surface area is 117 Å². The third-order valence-electron chi connectivity index (χ3n) is 2.75. The molecule has 0 aliphatic carbocycles. The maximum Gasteiger partial charge on any atom is 0.261 e. The summed E-state index contributed by atoms with van der Waals surface area (Å²) in [6, 6.07) is 4.00. The van der Waals surface area contributed by atoms with Crippen molar-refractivity contribution in [1.82, 2.24) is 24.7 Å². The fraction of sp³-hybridized carbons (Fsp3) is 0.167. The van der Waals surface area contributed by atoms with E-state index >= 15 is 0 Å². The first-order valence-corrected chi connectivity index (χ1v) is 6.85. The van der Waals surface area contributed by atoms with Gasteiger partial charge in [0.2, 0.25) is 0 Å². The molecule has 102 valence electrons. The number of halogens is 1. The van der Waals surface area contributed by atoms with E-state index in [0.29, 0.717) is 23.0 Å². The van der Waals surface area contributed by atoms with Crippen molar-refractivity contribution in [3.05, 3.63) is 47.0 Å². The first kappa shape index (κ1) is 12.8. The van der Waals surface area contributed by atoms with Gasteiger partial charge in [-0.25, -0.2) is 14.4 Å². The van der Waals surface area contributed by atoms with Crippen LogP contribution in [0.4, 0.5) is 4.39 Å². The maximum absolute atomic E-state index is 13.2. The average molecular weight is 291 g/mol. The number of rotatable bonds is 4. The van der Waals surface area contributed by atoms with Crippen molar-refractivity contribution in [2.45, 2.75) is 11.7 Å². The number of thioether (sulfide) groups is 1. The van der Waals surface area contributed by atoms with Gasteiger partial charge in [-0.15, -0.1) is 0 Å². The van der Waals surface area contributed by atoms with Crippen molar-refractivity contribution in [3.63, 3.8) is 0 Å². The lowest BCUT2D eigenvalue weighted by Gasteiger charge is -2.05. The summed E-state index contributed by atoms with van der Waals surface area (Å²) >= 11 is 1.45. The van der Waals surface area contributed by atoms with Gasteiger partial charge in [0, 0.05) is 12.3 Å². The summed E-state index contributed by atoms with van der Waals surface area (Å²) in [6.45, 7) is 0.462. The zero-order valence-electron chi connectivity index (χ0n) is 10.3. The molecule has 2 heterocycles. The molecule has 6 nitrogen and oxygen atoms in total. The topological polar surface area (TPSA) is 76.5 Å². The van der Waals surface area contributed by atoms with Gasteiger partial charge < -0.3 is 0 Å². The highest BCUT2D eigenvalue weighted by atomic mass is 32.2. The number of hydrogen-bond donors (Lipinski definition) is 1. The summed E-state index contributed by atoms with van der Waals surface area (Å²) in [5.74, 6) is 0.197. The molecule has 3 aromatic rings. The van der Waals surface area contributed by atoms with Crippen LogP contribution >= 0.6 is 11.8 Å². The van der Waals surface area contributed by atoms with E-state index in [1.807, 2.05) is 0 Å². The monoisotopic (exact) mass is 291 g/mol. The van der Waals surface area contributed by atoms with Gasteiger partial charge in [0.1, 0.15) is 12.1 Å². The predicted octanol–water partition coefficient (Wildman–Crippen LogP) is 1.45. The van der Waals surface area contributed by atoms with E-state index < -0.39 is 5.82 Å². The molecule has 0 unspecified atom stereocenters. The van der Waals surface area contributed by atoms with Crippen LogP contribution in [-0.2, 0) is 6.54 Å². The van der Waals surface area contributed by atoms with Crippen LogP contribution in [0.15, 0.2) is 40.8 Å². The number of fused-ring (bicyclic) bond motifs is 1. The SMILES string of the molecule is O=c1c2cc(F)ccc2ncn1CCSc1ncn[nH]1. The van der Waals surface area contributed by atoms with E-state index in [1.165, 1.54) is 47.2 Å². The standard InChI is InChI=1S/C12H10FN5OS/c13-8-1-2-10-9(5-8)11(19)18(7-15-10)3-4-20-12-14-6-16-17-12/h1-2,5-7H,3-4H2,(H,14,16,17). The van der Waals surface area contributed by atoms with Crippen molar-refractivity contribution in [2.24, 2.45) is 0 Å². The van der Waals surface area contributed by atoms with Crippen LogP contribution in [0.3, 0.4) is 0 Å². The van der Waals surface area contributed by atoms with Crippen molar-refractivity contribution < 1.29 is 4.39 Å². The first-order chi connectivity index (χ1) is 9.74. The second-order valence-corrected chi connectivity index (χ2v) is 5.13. The van der Waals surface area contributed by atoms with Gasteiger partial charge in [-0.1, -0.05) is 11.8 Å². The van der Waals surface area contributed by atoms with Gasteiger partial charge in [-0.2, -0.15) is 5.10 Å². The number of aromatic amines is 1. The Bertz CT molecular complexity index is 786. The third kappa shape index (κ3) is 2.55. The largest absolute Gasteiger partial charge is 0.298 e. The number of aryl methyl sites for hydroxylation is 1. The third-order valence-corrected chi connectivity index (χ3v) is 3.61. The Morgan fingerprint density at radius 2 is 2.25 bits per heavy atom. The molecule has 20 heavy (non-hydrogen) atoms. The minimum Gasteiger partial charge on any atom is -0.298 e. The molecule has 8 heteroatoms. The van der Waals surface area contributed by atoms with E-state index in [-0.39, 0.29) is 10.9 Å². The van der Waals surface area contributed by atoms with Gasteiger partial charge in [0.25, 0.3) is 5.56 Å². The quantitative estimate of drug-likeness (QED) is 0.736. The number of hydrogen-bond acceptors (Lipinski definition) is 5. The Morgan fingerprint density at radius 1 is 1.35 bits per heavy atom. The molecule has 0 bridgehead atoms. The molecule has 0 amide bonds. The summed E-state index contributed by atoms with van der Waals surface area (Å²) < 4.78 is 14.7. The molecule has 0 saturated carbocycles. The molecule has 3 rings (SSSR count). The van der Waals surface area contributed by atoms with Crippen molar-refractivity contribution >= 4 is 22.7 Å². The molecule has 0 saturated heterocycles. The van der Waals surface area contributed by atoms with Crippen LogP contribution in [0.2, 0.25) is 0 Å². The van der Waals surface area contributed by atoms with E-state index in [0.717, 1.165) is 0 Å². The zero-order chi connectivity index (χ0) is 13.9. The highest BCUT2D eigenvalue weighted by molar-refractivity contribution is 7.99. The average Bonchev–Trinajstić information content (AvgIpc) is 2.95. The number of H-pyrrole nitrogens is 1. The van der Waals surface area contributed by atoms with Crippen LogP contribution in [0.25, 0.3) is 10.9 Å². The maximum atomic E-state index is 13.2. The van der Waals surface area contributed by atoms with Gasteiger partial charge >= 0.3 is 0 Å². The highest BCUT2D eigenvalue weighted by Crippen LogP contribution is 2.11. The van der Waals surface area contributed by atoms with Crippen LogP contribution in [0.5, 0.6) is 0 Å². The summed E-state index contributed by atoms with van der Waals surface area (Å²) in [5, 5.41) is 7.44. The lowest BCUT2D eigenvalue weighted by Crippen LogP contribution is -2.21. The number of nitrogens with zero attached hydrogens (tertiary/aromatic N) is 4. The molecule has 0 spiro atoms. The van der Waals surface area contributed by atoms with Gasteiger partial charge in [0.05, 0.1) is 17.2 Å². The number of benzene rings is 1. The Morgan fingerprint density at radius 3 is 3.05 bits per heavy atom. The summed E-state index contributed by atoms with van der Waals surface area (Å²) in [4.78, 5) is 20.3. The smallest absolute Gasteiger partial charge is 0.261 e. The Balaban J connectivity index is 1.81. The molecular weight excluding hydrogens is 281 g/mol. The van der Waals surface area contributed by atoms with Crippen LogP contribution in [0, 0.1) is 5.82 Å². The normalized spacial score (nSPS) is 11.1. The van der Waals surface area contributed by atoms with Crippen molar-refractivity contribution in [1.29, 1.82) is 0 Å². The highest BCUT2D eigenvalue weighted by Gasteiger charge is 2.05. The van der Waals surface area contributed by atoms with Gasteiger partial charge in [-0.3, -0.25) is 14.5 Å². The Hall–Kier alpha value is -2.22. The van der Waals surface area contributed by atoms with E-state index in [9.17, 15) is 9.18 Å². The summed E-state index contributed by atoms with van der Waals surface area (Å²) in [7, 11) is 0. The summed E-state index contributed by atoms with van der Waals surface area (Å²) in [6.07, 6.45) is 2.90. The molecule has 2 aromatic heterocycles. The second kappa shape index (κ2) is 5.41. The number of aromatic nitrogens is 5. The zero-order valence-corrected chi connectivity index (χ0v) is 11.1. The molecular formula is C12H10FN5OS. The molecule has 0 atom stereocenters. The van der Waals surface area contributed by atoms with Crippen LogP contribution < -0.4 is 5.56 Å². The summed E-state index contributed by atoms with van der Waals surface area (Å²) in [5.41, 5.74) is 0.253. The molecule has 1 aromatic carbocycles. The lowest BCUT2D eigenvalue weighted by atomic mass is 10.2. The fourth-order valence-electron chi connectivity index (χ4n) is 1.79. The minimum atomic E-state index is -0.440. The van der Waals surface area contributed by atoms with E-state index in [1.54, 1.807) is 0 Å². The molecule has 0 aliphatic rings. The van der Waals surface area contributed by atoms with Crippen molar-refractivity contribution in [3.8, 4) is 0 Å². The minimum absolute atomic E-state index is 0.243. The van der Waals surface area contributed by atoms with E-state index in [2.05, 4.69) is 20.2 Å². The molecule has 0 fully saturated rings. The van der Waals surface area contributed by atoms with Crippen molar-refractivity contribution in [2.75, 3.05) is 5.75 Å². The predicted molar refractivity (Wildman–Crippen MR) is 73.1 cm³/mol. The Kier molecular flexibility index (Phi) is 3.46. The molecule has 0 radical (unpaired) electrons. The second-order valence-electron chi connectivity index (χ2n) is 4.04. The van der Waals surface area contributed by atoms with Crippen LogP contribution in [0.1, 0.15) is 0 Å². The molecule has 0 aliphatic heterocycles. The molecule has 1 N–H and O–H groups in total. The fourth-order valence-corrected chi connectivity index (χ4v) is 2.52. The van der Waals surface area contributed by atoms with Gasteiger partial charge in [0.15, 0.2) is 5.16 Å². The van der Waals surface area contributed by atoms with Crippen LogP contribution in [-0.4, -0.2) is 30.5 Å². The van der Waals surface area contributed by atoms with E-state index in [4.69, 9.17) is 0 Å². The van der Waals surface area contributed by atoms with Gasteiger partial charge in [-0.05, 0) is 18.2 Å².